The molecule has 1 aliphatic carbocycles. The van der Waals surface area contributed by atoms with E-state index in [9.17, 15) is 5.11 Å². The number of benzene rings is 1. The molecule has 1 N–H and O–H groups in total. The third-order valence-electron chi connectivity index (χ3n) is 2.83. The van der Waals surface area contributed by atoms with Gasteiger partial charge in [0.1, 0.15) is 5.75 Å². The van der Waals surface area contributed by atoms with E-state index in [0.29, 0.717) is 5.75 Å². The van der Waals surface area contributed by atoms with Crippen LogP contribution in [-0.4, -0.2) is 17.4 Å². The van der Waals surface area contributed by atoms with Gasteiger partial charge in [-0.05, 0) is 35.3 Å². The number of rotatable bonds is 0. The standard InChI is InChI=1S/C12H11NO/c14-9-3-4-10-8(6-9)7-12-11(10)2-1-5-13-12/h2-4,6,14H,1,5,7H2. The van der Waals surface area contributed by atoms with Crippen molar-refractivity contribution < 1.29 is 5.11 Å². The molecule has 0 aromatic heterocycles. The first-order valence-electron chi connectivity index (χ1n) is 4.91. The second-order valence-corrected chi connectivity index (χ2v) is 3.75. The molecule has 3 rings (SSSR count). The van der Waals surface area contributed by atoms with Crippen LogP contribution < -0.4 is 0 Å². The second kappa shape index (κ2) is 2.71. The molecule has 1 heterocycles. The maximum atomic E-state index is 9.37. The van der Waals surface area contributed by atoms with E-state index < -0.39 is 0 Å². The molecule has 0 fully saturated rings. The van der Waals surface area contributed by atoms with Crippen LogP contribution in [0, 0.1) is 0 Å². The van der Waals surface area contributed by atoms with Crippen LogP contribution in [0.4, 0.5) is 0 Å². The summed E-state index contributed by atoms with van der Waals surface area (Å²) in [5, 5.41) is 9.37. The van der Waals surface area contributed by atoms with Crippen molar-refractivity contribution in [3.8, 4) is 5.75 Å². The van der Waals surface area contributed by atoms with Crippen molar-refractivity contribution in [2.45, 2.75) is 12.8 Å². The third kappa shape index (κ3) is 1.00. The minimum Gasteiger partial charge on any atom is -0.508 e. The Bertz CT molecular complexity index is 457. The Morgan fingerprint density at radius 3 is 3.14 bits per heavy atom. The van der Waals surface area contributed by atoms with Gasteiger partial charge in [-0.1, -0.05) is 12.1 Å². The lowest BCUT2D eigenvalue weighted by Crippen LogP contribution is -2.02. The summed E-state index contributed by atoms with van der Waals surface area (Å²) >= 11 is 0. The van der Waals surface area contributed by atoms with E-state index in [1.807, 2.05) is 12.1 Å². The van der Waals surface area contributed by atoms with E-state index in [0.717, 1.165) is 19.4 Å². The highest BCUT2D eigenvalue weighted by Crippen LogP contribution is 2.34. The van der Waals surface area contributed by atoms with Crippen LogP contribution in [0.5, 0.6) is 5.75 Å². The fraction of sp³-hybridized carbons (Fsp3) is 0.250. The molecule has 70 valence electrons. The number of nitrogens with zero attached hydrogens (tertiary/aromatic N) is 1. The van der Waals surface area contributed by atoms with Crippen molar-refractivity contribution in [1.29, 1.82) is 0 Å². The first-order valence-corrected chi connectivity index (χ1v) is 4.91. The van der Waals surface area contributed by atoms with E-state index in [4.69, 9.17) is 0 Å². The molecule has 2 heteroatoms. The Balaban J connectivity index is 2.19. The Morgan fingerprint density at radius 2 is 2.21 bits per heavy atom. The number of dihydropyridines is 1. The van der Waals surface area contributed by atoms with Gasteiger partial charge in [-0.2, -0.15) is 0 Å². The molecule has 1 aromatic carbocycles. The quantitative estimate of drug-likeness (QED) is 0.660. The highest BCUT2D eigenvalue weighted by atomic mass is 16.3. The minimum absolute atomic E-state index is 0.351. The van der Waals surface area contributed by atoms with Crippen molar-refractivity contribution in [2.75, 3.05) is 6.54 Å². The van der Waals surface area contributed by atoms with Crippen molar-refractivity contribution in [1.82, 2.24) is 0 Å². The summed E-state index contributed by atoms with van der Waals surface area (Å²) in [7, 11) is 0. The molecule has 0 amide bonds. The molecule has 0 unspecified atom stereocenters. The monoisotopic (exact) mass is 185 g/mol. The third-order valence-corrected chi connectivity index (χ3v) is 2.83. The highest BCUT2D eigenvalue weighted by Gasteiger charge is 2.23. The molecule has 0 bridgehead atoms. The number of aromatic hydroxyl groups is 1. The summed E-state index contributed by atoms with van der Waals surface area (Å²) < 4.78 is 0. The van der Waals surface area contributed by atoms with Gasteiger partial charge in [-0.15, -0.1) is 0 Å². The van der Waals surface area contributed by atoms with Crippen molar-refractivity contribution in [3.63, 3.8) is 0 Å². The number of fused-ring (bicyclic) bond motifs is 3. The predicted molar refractivity (Wildman–Crippen MR) is 56.7 cm³/mol. The fourth-order valence-corrected chi connectivity index (χ4v) is 2.20. The molecule has 0 spiro atoms. The van der Waals surface area contributed by atoms with Crippen LogP contribution in [0.1, 0.15) is 17.5 Å². The van der Waals surface area contributed by atoms with Gasteiger partial charge in [0.25, 0.3) is 0 Å². The SMILES string of the molecule is Oc1ccc2c(c1)CC1=NCCC=C12. The van der Waals surface area contributed by atoms with Gasteiger partial charge in [0.15, 0.2) is 0 Å². The summed E-state index contributed by atoms with van der Waals surface area (Å²) in [6, 6.07) is 5.58. The number of hydrogen-bond acceptors (Lipinski definition) is 2. The lowest BCUT2D eigenvalue weighted by molar-refractivity contribution is 0.475. The fourth-order valence-electron chi connectivity index (χ4n) is 2.20. The van der Waals surface area contributed by atoms with E-state index >= 15 is 0 Å². The number of phenolic OH excluding ortho intramolecular Hbond substituents is 1. The van der Waals surface area contributed by atoms with Crippen LogP contribution in [0.15, 0.2) is 29.3 Å². The summed E-state index contributed by atoms with van der Waals surface area (Å²) in [5.41, 5.74) is 4.93. The van der Waals surface area contributed by atoms with Gasteiger partial charge in [-0.3, -0.25) is 4.99 Å². The summed E-state index contributed by atoms with van der Waals surface area (Å²) in [6.45, 7) is 0.915. The Hall–Kier alpha value is -1.57. The van der Waals surface area contributed by atoms with E-state index in [1.54, 1.807) is 6.07 Å². The van der Waals surface area contributed by atoms with Crippen LogP contribution in [0.3, 0.4) is 0 Å². The normalized spacial score (nSPS) is 18.3. The summed E-state index contributed by atoms with van der Waals surface area (Å²) in [5.74, 6) is 0.351. The lowest BCUT2D eigenvalue weighted by atomic mass is 10.0. The molecular formula is C12H11NO. The van der Waals surface area contributed by atoms with Gasteiger partial charge in [0, 0.05) is 18.7 Å². The van der Waals surface area contributed by atoms with Gasteiger partial charge in [0.05, 0.1) is 0 Å². The van der Waals surface area contributed by atoms with E-state index in [2.05, 4.69) is 11.1 Å². The first kappa shape index (κ1) is 7.80. The zero-order valence-corrected chi connectivity index (χ0v) is 7.83. The van der Waals surface area contributed by atoms with Crippen molar-refractivity contribution in [3.05, 3.63) is 35.4 Å². The number of hydrogen-bond donors (Lipinski definition) is 1. The molecular weight excluding hydrogens is 174 g/mol. The molecule has 14 heavy (non-hydrogen) atoms. The lowest BCUT2D eigenvalue weighted by Gasteiger charge is -2.06. The molecule has 1 aliphatic heterocycles. The molecule has 2 aliphatic rings. The van der Waals surface area contributed by atoms with Crippen LogP contribution in [-0.2, 0) is 6.42 Å². The average molecular weight is 185 g/mol. The van der Waals surface area contributed by atoms with Gasteiger partial charge in [-0.25, -0.2) is 0 Å². The Kier molecular flexibility index (Phi) is 1.51. The Labute approximate surface area is 82.6 Å². The largest absolute Gasteiger partial charge is 0.508 e. The molecule has 0 radical (unpaired) electrons. The molecule has 0 saturated carbocycles. The van der Waals surface area contributed by atoms with Crippen LogP contribution in [0.25, 0.3) is 5.57 Å². The molecule has 2 nitrogen and oxygen atoms in total. The molecule has 1 aromatic rings. The minimum atomic E-state index is 0.351. The van der Waals surface area contributed by atoms with Gasteiger partial charge >= 0.3 is 0 Å². The van der Waals surface area contributed by atoms with Crippen LogP contribution in [0.2, 0.25) is 0 Å². The van der Waals surface area contributed by atoms with Gasteiger partial charge < -0.3 is 5.11 Å². The van der Waals surface area contributed by atoms with E-state index in [1.165, 1.54) is 22.4 Å². The molecule has 0 atom stereocenters. The zero-order chi connectivity index (χ0) is 9.54. The van der Waals surface area contributed by atoms with E-state index in [-0.39, 0.29) is 0 Å². The Morgan fingerprint density at radius 1 is 1.29 bits per heavy atom. The average Bonchev–Trinajstić information content (AvgIpc) is 2.54. The topological polar surface area (TPSA) is 32.6 Å². The number of phenols is 1. The smallest absolute Gasteiger partial charge is 0.115 e. The summed E-state index contributed by atoms with van der Waals surface area (Å²) in [6.07, 6.45) is 4.18. The summed E-state index contributed by atoms with van der Waals surface area (Å²) in [4.78, 5) is 4.50. The number of allylic oxidation sites excluding steroid dienone is 1. The second-order valence-electron chi connectivity index (χ2n) is 3.75. The number of aliphatic imine (C=N–C) groups is 1. The highest BCUT2D eigenvalue weighted by molar-refractivity contribution is 6.28. The first-order chi connectivity index (χ1) is 6.84. The maximum absolute atomic E-state index is 9.37. The zero-order valence-electron chi connectivity index (χ0n) is 7.83. The predicted octanol–water partition coefficient (Wildman–Crippen LogP) is 2.18. The maximum Gasteiger partial charge on any atom is 0.115 e. The van der Waals surface area contributed by atoms with Gasteiger partial charge in [0.2, 0.25) is 0 Å². The van der Waals surface area contributed by atoms with Crippen molar-refractivity contribution in [2.24, 2.45) is 4.99 Å². The van der Waals surface area contributed by atoms with Crippen LogP contribution >= 0.6 is 0 Å². The van der Waals surface area contributed by atoms with Crippen molar-refractivity contribution >= 4 is 11.3 Å². The molecule has 0 saturated heterocycles.